The van der Waals surface area contributed by atoms with Gasteiger partial charge in [-0.15, -0.1) is 10.2 Å². The fourth-order valence-electron chi connectivity index (χ4n) is 2.67. The number of carbonyl (C=O) groups is 1. The van der Waals surface area contributed by atoms with Crippen molar-refractivity contribution in [2.24, 2.45) is 17.3 Å². The van der Waals surface area contributed by atoms with Crippen molar-refractivity contribution in [1.82, 2.24) is 4.57 Å². The highest BCUT2D eigenvalue weighted by Gasteiger charge is 2.15. The molecule has 1 N–H and O–H groups in total. The first kappa shape index (κ1) is 17.9. The molecule has 0 aliphatic rings. The Labute approximate surface area is 155 Å². The van der Waals surface area contributed by atoms with Gasteiger partial charge in [0, 0.05) is 17.5 Å². The van der Waals surface area contributed by atoms with Gasteiger partial charge in [0.25, 0.3) is 0 Å². The summed E-state index contributed by atoms with van der Waals surface area (Å²) in [6, 6.07) is 10.8. The predicted octanol–water partition coefficient (Wildman–Crippen LogP) is 4.84. The quantitative estimate of drug-likeness (QED) is 0.666. The van der Waals surface area contributed by atoms with Crippen molar-refractivity contribution in [3.05, 3.63) is 52.5 Å². The summed E-state index contributed by atoms with van der Waals surface area (Å²) in [4.78, 5) is 12.0. The van der Waals surface area contributed by atoms with Crippen LogP contribution in [0, 0.1) is 13.8 Å². The number of hydrogen-bond donors (Lipinski definition) is 1. The lowest BCUT2D eigenvalue weighted by molar-refractivity contribution is -0.120. The first-order chi connectivity index (χ1) is 12.4. The van der Waals surface area contributed by atoms with Crippen molar-refractivity contribution in [2.45, 2.75) is 13.8 Å². The molecule has 7 heteroatoms. The Bertz CT molecular complexity index is 1020. The molecule has 0 unspecified atom stereocenters. The van der Waals surface area contributed by atoms with E-state index in [-0.39, 0.29) is 18.2 Å². The minimum Gasteiger partial charge on any atom is -0.493 e. The standard InChI is InChI=1S/C19H18ClN3O3/c1-11-4-6-15-14(8-11)18(19(25)23(15)3)22-21-17(24)10-26-16-7-5-13(20)9-12(16)2/h4-9,25H,10H2,1-3H3. The van der Waals surface area contributed by atoms with Gasteiger partial charge in [-0.05, 0) is 49.7 Å². The van der Waals surface area contributed by atoms with Crippen LogP contribution in [-0.4, -0.2) is 22.2 Å². The lowest BCUT2D eigenvalue weighted by Gasteiger charge is -2.06. The zero-order chi connectivity index (χ0) is 18.8. The van der Waals surface area contributed by atoms with Gasteiger partial charge in [0.1, 0.15) is 5.75 Å². The number of amides is 1. The van der Waals surface area contributed by atoms with E-state index in [2.05, 4.69) is 10.2 Å². The normalized spacial score (nSPS) is 11.4. The minimum atomic E-state index is -0.552. The minimum absolute atomic E-state index is 0.0448. The van der Waals surface area contributed by atoms with Gasteiger partial charge in [-0.1, -0.05) is 23.2 Å². The number of aryl methyl sites for hydroxylation is 3. The topological polar surface area (TPSA) is 76.2 Å². The van der Waals surface area contributed by atoms with Gasteiger partial charge in [-0.25, -0.2) is 0 Å². The third-order valence-electron chi connectivity index (χ3n) is 4.05. The van der Waals surface area contributed by atoms with E-state index >= 15 is 0 Å². The van der Waals surface area contributed by atoms with E-state index in [1.165, 1.54) is 0 Å². The molecule has 0 fully saturated rings. The molecule has 0 radical (unpaired) electrons. The maximum Gasteiger partial charge on any atom is 0.302 e. The average Bonchev–Trinajstić information content (AvgIpc) is 2.82. The van der Waals surface area contributed by atoms with Crippen LogP contribution in [0.5, 0.6) is 11.6 Å². The van der Waals surface area contributed by atoms with Crippen LogP contribution in [0.4, 0.5) is 5.69 Å². The summed E-state index contributed by atoms with van der Waals surface area (Å²) in [5.74, 6) is -0.0402. The van der Waals surface area contributed by atoms with Crippen LogP contribution in [-0.2, 0) is 11.8 Å². The zero-order valence-electron chi connectivity index (χ0n) is 14.7. The second-order valence-corrected chi connectivity index (χ2v) is 6.48. The molecule has 6 nitrogen and oxygen atoms in total. The fraction of sp³-hybridized carbons (Fsp3) is 0.211. The van der Waals surface area contributed by atoms with E-state index in [1.54, 1.807) is 29.8 Å². The Hall–Kier alpha value is -2.86. The van der Waals surface area contributed by atoms with E-state index in [9.17, 15) is 9.90 Å². The Kier molecular flexibility index (Phi) is 4.95. The summed E-state index contributed by atoms with van der Waals surface area (Å²) in [5.41, 5.74) is 2.92. The van der Waals surface area contributed by atoms with Gasteiger partial charge < -0.3 is 14.4 Å². The van der Waals surface area contributed by atoms with Gasteiger partial charge in [0.05, 0.1) is 5.52 Å². The first-order valence-electron chi connectivity index (χ1n) is 7.98. The molecule has 3 rings (SSSR count). The zero-order valence-corrected chi connectivity index (χ0v) is 15.4. The molecule has 3 aromatic rings. The molecule has 2 aromatic carbocycles. The van der Waals surface area contributed by atoms with Crippen LogP contribution >= 0.6 is 11.6 Å². The molecule has 0 saturated carbocycles. The number of nitrogens with zero attached hydrogens (tertiary/aromatic N) is 3. The highest BCUT2D eigenvalue weighted by Crippen LogP contribution is 2.38. The van der Waals surface area contributed by atoms with Gasteiger partial charge in [0.2, 0.25) is 5.88 Å². The molecule has 1 heterocycles. The van der Waals surface area contributed by atoms with Gasteiger partial charge >= 0.3 is 5.91 Å². The number of ether oxygens (including phenoxy) is 1. The molecule has 0 saturated heterocycles. The van der Waals surface area contributed by atoms with Crippen molar-refractivity contribution in [3.63, 3.8) is 0 Å². The molecule has 134 valence electrons. The maximum absolute atomic E-state index is 12.0. The van der Waals surface area contributed by atoms with Crippen molar-refractivity contribution in [3.8, 4) is 11.6 Å². The SMILES string of the molecule is Cc1ccc2c(c1)c(N=NC(=O)COc1ccc(Cl)cc1C)c(O)n2C. The fourth-order valence-corrected chi connectivity index (χ4v) is 2.90. The Morgan fingerprint density at radius 2 is 2.00 bits per heavy atom. The second-order valence-electron chi connectivity index (χ2n) is 6.04. The van der Waals surface area contributed by atoms with Crippen LogP contribution in [0.1, 0.15) is 11.1 Å². The largest absolute Gasteiger partial charge is 0.493 e. The molecule has 1 aromatic heterocycles. The van der Waals surface area contributed by atoms with Gasteiger partial charge in [0.15, 0.2) is 12.3 Å². The monoisotopic (exact) mass is 371 g/mol. The van der Waals surface area contributed by atoms with Crippen molar-refractivity contribution in [2.75, 3.05) is 6.61 Å². The smallest absolute Gasteiger partial charge is 0.302 e. The number of hydrogen-bond acceptors (Lipinski definition) is 4. The number of aromatic nitrogens is 1. The Morgan fingerprint density at radius 1 is 1.23 bits per heavy atom. The molecule has 0 aliphatic heterocycles. The lowest BCUT2D eigenvalue weighted by Crippen LogP contribution is -2.08. The number of carbonyl (C=O) groups excluding carboxylic acids is 1. The maximum atomic E-state index is 12.0. The number of benzene rings is 2. The number of fused-ring (bicyclic) bond motifs is 1. The molecule has 0 bridgehead atoms. The highest BCUT2D eigenvalue weighted by atomic mass is 35.5. The summed E-state index contributed by atoms with van der Waals surface area (Å²) in [5, 5.41) is 19.2. The molecule has 0 spiro atoms. The summed E-state index contributed by atoms with van der Waals surface area (Å²) >= 11 is 5.89. The van der Waals surface area contributed by atoms with Crippen LogP contribution < -0.4 is 4.74 Å². The summed E-state index contributed by atoms with van der Waals surface area (Å²) in [6.45, 7) is 3.53. The van der Waals surface area contributed by atoms with Crippen molar-refractivity contribution < 1.29 is 14.6 Å². The van der Waals surface area contributed by atoms with Crippen LogP contribution in [0.15, 0.2) is 46.6 Å². The van der Waals surface area contributed by atoms with E-state index < -0.39 is 5.91 Å². The molecule has 26 heavy (non-hydrogen) atoms. The van der Waals surface area contributed by atoms with Gasteiger partial charge in [-0.3, -0.25) is 4.79 Å². The third kappa shape index (κ3) is 3.55. The number of rotatable bonds is 4. The first-order valence-corrected chi connectivity index (χ1v) is 8.36. The molecule has 0 atom stereocenters. The second kappa shape index (κ2) is 7.17. The number of halogens is 1. The molecular weight excluding hydrogens is 354 g/mol. The van der Waals surface area contributed by atoms with E-state index in [0.29, 0.717) is 10.8 Å². The van der Waals surface area contributed by atoms with E-state index in [0.717, 1.165) is 22.0 Å². The van der Waals surface area contributed by atoms with Crippen LogP contribution in [0.3, 0.4) is 0 Å². The summed E-state index contributed by atoms with van der Waals surface area (Å²) < 4.78 is 7.05. The van der Waals surface area contributed by atoms with E-state index in [1.807, 2.05) is 32.0 Å². The van der Waals surface area contributed by atoms with Crippen LogP contribution in [0.2, 0.25) is 5.02 Å². The highest BCUT2D eigenvalue weighted by molar-refractivity contribution is 6.30. The van der Waals surface area contributed by atoms with E-state index in [4.69, 9.17) is 16.3 Å². The number of aromatic hydroxyl groups is 1. The van der Waals surface area contributed by atoms with Crippen molar-refractivity contribution in [1.29, 1.82) is 0 Å². The molecule has 0 aliphatic carbocycles. The lowest BCUT2D eigenvalue weighted by atomic mass is 10.1. The predicted molar refractivity (Wildman–Crippen MR) is 101 cm³/mol. The third-order valence-corrected chi connectivity index (χ3v) is 4.28. The summed E-state index contributed by atoms with van der Waals surface area (Å²) in [7, 11) is 1.72. The van der Waals surface area contributed by atoms with Crippen LogP contribution in [0.25, 0.3) is 10.9 Å². The van der Waals surface area contributed by atoms with Gasteiger partial charge in [-0.2, -0.15) is 0 Å². The average molecular weight is 372 g/mol. The molecule has 1 amide bonds. The Balaban J connectivity index is 1.77. The number of azo groups is 1. The summed E-state index contributed by atoms with van der Waals surface area (Å²) in [6.07, 6.45) is 0. The Morgan fingerprint density at radius 3 is 2.73 bits per heavy atom. The van der Waals surface area contributed by atoms with Crippen molar-refractivity contribution >= 4 is 34.1 Å². The molecular formula is C19H18ClN3O3.